The molecule has 164 valence electrons. The monoisotopic (exact) mass is 421 g/mol. The summed E-state index contributed by atoms with van der Waals surface area (Å²) in [7, 11) is 3.88. The molecule has 1 aromatic heterocycles. The lowest BCUT2D eigenvalue weighted by Gasteiger charge is -2.34. The number of phenols is 1. The highest BCUT2D eigenvalue weighted by Crippen LogP contribution is 2.30. The molecule has 2 aromatic carbocycles. The van der Waals surface area contributed by atoms with Crippen molar-refractivity contribution in [3.8, 4) is 5.75 Å². The summed E-state index contributed by atoms with van der Waals surface area (Å²) in [6.45, 7) is 8.25. The van der Waals surface area contributed by atoms with E-state index < -0.39 is 0 Å². The van der Waals surface area contributed by atoms with Gasteiger partial charge in [-0.05, 0) is 43.7 Å². The van der Waals surface area contributed by atoms with Crippen LogP contribution < -0.4 is 9.80 Å². The number of hydrogen-bond acceptors (Lipinski definition) is 5. The van der Waals surface area contributed by atoms with Crippen molar-refractivity contribution in [1.82, 2.24) is 15.1 Å². The fourth-order valence-electron chi connectivity index (χ4n) is 4.08. The van der Waals surface area contributed by atoms with Gasteiger partial charge in [-0.3, -0.25) is 9.89 Å². The van der Waals surface area contributed by atoms with Gasteiger partial charge in [-0.15, -0.1) is 0 Å². The van der Waals surface area contributed by atoms with Crippen LogP contribution in [0, 0.1) is 5.92 Å². The lowest BCUT2D eigenvalue weighted by molar-refractivity contribution is 0.0990. The van der Waals surface area contributed by atoms with E-state index in [1.807, 2.05) is 18.2 Å². The van der Waals surface area contributed by atoms with Crippen molar-refractivity contribution in [2.45, 2.75) is 20.3 Å². The summed E-state index contributed by atoms with van der Waals surface area (Å²) in [5.41, 5.74) is 3.85. The molecule has 1 aliphatic heterocycles. The van der Waals surface area contributed by atoms with E-state index in [1.54, 1.807) is 24.1 Å². The van der Waals surface area contributed by atoms with Gasteiger partial charge in [-0.25, -0.2) is 0 Å². The third-order valence-corrected chi connectivity index (χ3v) is 5.98. The molecule has 31 heavy (non-hydrogen) atoms. The predicted molar refractivity (Wildman–Crippen MR) is 125 cm³/mol. The van der Waals surface area contributed by atoms with Gasteiger partial charge in [0, 0.05) is 56.1 Å². The van der Waals surface area contributed by atoms with Crippen LogP contribution in [-0.2, 0) is 6.42 Å². The Kier molecular flexibility index (Phi) is 5.87. The number of fused-ring (bicyclic) bond motifs is 1. The molecule has 2 heterocycles. The highest BCUT2D eigenvalue weighted by Gasteiger charge is 2.21. The quantitative estimate of drug-likeness (QED) is 0.660. The largest absolute Gasteiger partial charge is 0.507 e. The number of benzene rings is 2. The molecular formula is C24H31N5O2. The number of aromatic amines is 1. The van der Waals surface area contributed by atoms with Crippen molar-refractivity contribution < 1.29 is 9.90 Å². The van der Waals surface area contributed by atoms with Gasteiger partial charge in [0.05, 0.1) is 16.8 Å². The third-order valence-electron chi connectivity index (χ3n) is 5.98. The summed E-state index contributed by atoms with van der Waals surface area (Å²) < 4.78 is 0. The second-order valence-electron chi connectivity index (χ2n) is 8.86. The molecule has 7 heteroatoms. The van der Waals surface area contributed by atoms with E-state index in [2.05, 4.69) is 47.0 Å². The molecule has 0 spiro atoms. The van der Waals surface area contributed by atoms with Gasteiger partial charge in [0.25, 0.3) is 5.91 Å². The minimum absolute atomic E-state index is 0.0423. The average Bonchev–Trinajstić information content (AvgIpc) is 3.13. The summed E-state index contributed by atoms with van der Waals surface area (Å²) in [4.78, 5) is 19.6. The highest BCUT2D eigenvalue weighted by molar-refractivity contribution is 6.09. The van der Waals surface area contributed by atoms with Crippen LogP contribution in [0.4, 0.5) is 11.4 Å². The number of likely N-dealkylation sites (N-methyl/N-ethyl adjacent to an activating group) is 1. The van der Waals surface area contributed by atoms with Gasteiger partial charge in [-0.1, -0.05) is 19.9 Å². The lowest BCUT2D eigenvalue weighted by Crippen LogP contribution is -2.44. The van der Waals surface area contributed by atoms with Gasteiger partial charge in [0.1, 0.15) is 5.75 Å². The minimum Gasteiger partial charge on any atom is -0.507 e. The van der Waals surface area contributed by atoms with E-state index in [1.165, 1.54) is 0 Å². The highest BCUT2D eigenvalue weighted by atomic mass is 16.3. The first kappa shape index (κ1) is 21.2. The maximum Gasteiger partial charge on any atom is 0.261 e. The van der Waals surface area contributed by atoms with Crippen LogP contribution in [0.2, 0.25) is 0 Å². The summed E-state index contributed by atoms with van der Waals surface area (Å²) in [5, 5.41) is 18.8. The summed E-state index contributed by atoms with van der Waals surface area (Å²) in [6.07, 6.45) is 0.807. The zero-order valence-corrected chi connectivity index (χ0v) is 18.7. The number of nitrogens with one attached hydrogen (secondary N) is 1. The van der Waals surface area contributed by atoms with Gasteiger partial charge in [-0.2, -0.15) is 5.10 Å². The molecule has 0 atom stereocenters. The first-order valence-corrected chi connectivity index (χ1v) is 10.8. The molecule has 7 nitrogen and oxygen atoms in total. The van der Waals surface area contributed by atoms with E-state index >= 15 is 0 Å². The van der Waals surface area contributed by atoms with E-state index in [-0.39, 0.29) is 17.2 Å². The van der Waals surface area contributed by atoms with Crippen molar-refractivity contribution in [2.75, 3.05) is 50.1 Å². The van der Waals surface area contributed by atoms with Gasteiger partial charge < -0.3 is 19.8 Å². The number of phenolic OH excluding ortho intramolecular Hbond substituents is 1. The Balaban J connectivity index is 1.61. The average molecular weight is 422 g/mol. The Labute approximate surface area is 183 Å². The van der Waals surface area contributed by atoms with Gasteiger partial charge >= 0.3 is 0 Å². The standard InChI is InChI=1S/C24H31N5O2/c1-16(2)12-21-19-14-20(23(30)15-22(19)26-25-21)24(31)28(4)17-6-5-7-18(13-17)29-10-8-27(3)9-11-29/h5-7,13-16,30H,8-12H2,1-4H3,(H,25,26). The normalized spacial score (nSPS) is 15.1. The van der Waals surface area contributed by atoms with E-state index in [9.17, 15) is 9.90 Å². The number of rotatable bonds is 5. The smallest absolute Gasteiger partial charge is 0.261 e. The first-order chi connectivity index (χ1) is 14.8. The Morgan fingerprint density at radius 2 is 1.94 bits per heavy atom. The van der Waals surface area contributed by atoms with E-state index in [0.29, 0.717) is 5.92 Å². The van der Waals surface area contributed by atoms with Crippen LogP contribution in [0.3, 0.4) is 0 Å². The number of carbonyl (C=O) groups excluding carboxylic acids is 1. The molecule has 1 amide bonds. The third kappa shape index (κ3) is 4.37. The molecular weight excluding hydrogens is 390 g/mol. The predicted octanol–water partition coefficient (Wildman–Crippen LogP) is 3.50. The molecule has 1 saturated heterocycles. The minimum atomic E-state index is -0.244. The van der Waals surface area contributed by atoms with E-state index in [4.69, 9.17) is 0 Å². The molecule has 2 N–H and O–H groups in total. The zero-order chi connectivity index (χ0) is 22.1. The van der Waals surface area contributed by atoms with Crippen molar-refractivity contribution in [3.63, 3.8) is 0 Å². The number of nitrogens with zero attached hydrogens (tertiary/aromatic N) is 4. The molecule has 4 rings (SSSR count). The molecule has 0 radical (unpaired) electrons. The molecule has 0 saturated carbocycles. The Morgan fingerprint density at radius 3 is 2.65 bits per heavy atom. The fraction of sp³-hybridized carbons (Fsp3) is 0.417. The molecule has 3 aromatic rings. The first-order valence-electron chi connectivity index (χ1n) is 10.8. The molecule has 1 fully saturated rings. The Hall–Kier alpha value is -3.06. The van der Waals surface area contributed by atoms with Crippen LogP contribution in [0.15, 0.2) is 36.4 Å². The van der Waals surface area contributed by atoms with Crippen LogP contribution in [0.5, 0.6) is 5.75 Å². The SMILES string of the molecule is CC(C)Cc1n[nH]c2cc(O)c(C(=O)N(C)c3cccc(N4CCN(C)CC4)c3)cc12. The number of aromatic hydroxyl groups is 1. The molecule has 0 bridgehead atoms. The number of hydrogen-bond donors (Lipinski definition) is 2. The molecule has 0 unspecified atom stereocenters. The maximum atomic E-state index is 13.3. The van der Waals surface area contributed by atoms with Crippen molar-refractivity contribution in [2.24, 2.45) is 5.92 Å². The lowest BCUT2D eigenvalue weighted by atomic mass is 10.0. The summed E-state index contributed by atoms with van der Waals surface area (Å²) >= 11 is 0. The zero-order valence-electron chi connectivity index (χ0n) is 18.7. The number of carbonyl (C=O) groups is 1. The number of H-pyrrole nitrogens is 1. The number of anilines is 2. The topological polar surface area (TPSA) is 75.7 Å². The van der Waals surface area contributed by atoms with Crippen LogP contribution >= 0.6 is 0 Å². The fourth-order valence-corrected chi connectivity index (χ4v) is 4.08. The second-order valence-corrected chi connectivity index (χ2v) is 8.86. The van der Waals surface area contributed by atoms with Crippen LogP contribution in [-0.4, -0.2) is 66.4 Å². The Bertz CT molecular complexity index is 1080. The van der Waals surface area contributed by atoms with Crippen LogP contribution in [0.1, 0.15) is 29.9 Å². The second kappa shape index (κ2) is 8.59. The van der Waals surface area contributed by atoms with Gasteiger partial charge in [0.15, 0.2) is 0 Å². The molecule has 1 aliphatic rings. The number of aromatic nitrogens is 2. The maximum absolute atomic E-state index is 13.3. The summed E-state index contributed by atoms with van der Waals surface area (Å²) in [5.74, 6) is 0.158. The van der Waals surface area contributed by atoms with Crippen molar-refractivity contribution in [3.05, 3.63) is 47.7 Å². The summed E-state index contributed by atoms with van der Waals surface area (Å²) in [6, 6.07) is 11.4. The van der Waals surface area contributed by atoms with E-state index in [0.717, 1.165) is 60.6 Å². The van der Waals surface area contributed by atoms with Crippen molar-refractivity contribution >= 4 is 28.2 Å². The van der Waals surface area contributed by atoms with Crippen molar-refractivity contribution in [1.29, 1.82) is 0 Å². The molecule has 0 aliphatic carbocycles. The number of piperazine rings is 1. The van der Waals surface area contributed by atoms with Gasteiger partial charge in [0.2, 0.25) is 0 Å². The Morgan fingerprint density at radius 1 is 1.19 bits per heavy atom. The van der Waals surface area contributed by atoms with Crippen LogP contribution in [0.25, 0.3) is 10.9 Å². The number of amides is 1.